The summed E-state index contributed by atoms with van der Waals surface area (Å²) in [6.07, 6.45) is 3.75. The van der Waals surface area contributed by atoms with E-state index in [0.717, 1.165) is 11.3 Å². The van der Waals surface area contributed by atoms with Crippen molar-refractivity contribution in [1.29, 1.82) is 0 Å². The van der Waals surface area contributed by atoms with Gasteiger partial charge in [-0.2, -0.15) is 0 Å². The number of hydrogen-bond donors (Lipinski definition) is 2. The summed E-state index contributed by atoms with van der Waals surface area (Å²) in [7, 11) is 0. The number of hydrogen-bond acceptors (Lipinski definition) is 4. The van der Waals surface area contributed by atoms with Gasteiger partial charge in [0.15, 0.2) is 5.65 Å². The summed E-state index contributed by atoms with van der Waals surface area (Å²) < 4.78 is 7.42. The normalized spacial score (nSPS) is 10.7. The molecular weight excluding hydrogens is 242 g/mol. The Bertz CT molecular complexity index is 722. The van der Waals surface area contributed by atoms with Crippen LogP contribution in [0.15, 0.2) is 48.8 Å². The molecule has 0 aliphatic rings. The number of imidazole rings is 1. The van der Waals surface area contributed by atoms with Crippen molar-refractivity contribution in [2.45, 2.75) is 6.61 Å². The molecule has 0 aliphatic heterocycles. The van der Waals surface area contributed by atoms with Gasteiger partial charge in [-0.3, -0.25) is 0 Å². The third kappa shape index (κ3) is 2.30. The van der Waals surface area contributed by atoms with Crippen LogP contribution in [-0.2, 0) is 6.61 Å². The van der Waals surface area contributed by atoms with Crippen molar-refractivity contribution < 1.29 is 9.84 Å². The van der Waals surface area contributed by atoms with Gasteiger partial charge in [0.2, 0.25) is 0 Å². The van der Waals surface area contributed by atoms with E-state index in [1.165, 1.54) is 0 Å². The second kappa shape index (κ2) is 4.53. The predicted molar refractivity (Wildman–Crippen MR) is 72.0 cm³/mol. The standard InChI is InChI=1S/C14H13N3O2/c15-13-5-2-6-17-8-10(16-14(13)17)9-19-12-4-1-3-11(18)7-12/h1-8,18H,9,15H2. The van der Waals surface area contributed by atoms with Gasteiger partial charge in [-0.1, -0.05) is 6.07 Å². The number of pyridine rings is 1. The molecule has 3 aromatic rings. The molecule has 0 bridgehead atoms. The minimum absolute atomic E-state index is 0.178. The molecule has 2 heterocycles. The number of anilines is 1. The van der Waals surface area contributed by atoms with E-state index in [2.05, 4.69) is 4.98 Å². The summed E-state index contributed by atoms with van der Waals surface area (Å²) in [5.74, 6) is 0.779. The highest BCUT2D eigenvalue weighted by atomic mass is 16.5. The molecule has 96 valence electrons. The summed E-state index contributed by atoms with van der Waals surface area (Å²) in [6.45, 7) is 0.324. The molecule has 0 spiro atoms. The first-order chi connectivity index (χ1) is 9.22. The first-order valence-corrected chi connectivity index (χ1v) is 5.86. The minimum Gasteiger partial charge on any atom is -0.508 e. The Kier molecular flexibility index (Phi) is 2.72. The van der Waals surface area contributed by atoms with Gasteiger partial charge < -0.3 is 20.0 Å². The van der Waals surface area contributed by atoms with Crippen molar-refractivity contribution in [2.24, 2.45) is 0 Å². The molecule has 5 nitrogen and oxygen atoms in total. The average molecular weight is 255 g/mol. The van der Waals surface area contributed by atoms with E-state index in [1.54, 1.807) is 24.3 Å². The van der Waals surface area contributed by atoms with Gasteiger partial charge in [-0.05, 0) is 24.3 Å². The predicted octanol–water partition coefficient (Wildman–Crippen LogP) is 2.20. The van der Waals surface area contributed by atoms with Crippen LogP contribution < -0.4 is 10.5 Å². The SMILES string of the molecule is Nc1cccn2cc(COc3cccc(O)c3)nc12. The maximum atomic E-state index is 9.34. The Balaban J connectivity index is 1.80. The lowest BCUT2D eigenvalue weighted by Gasteiger charge is -2.03. The fourth-order valence-corrected chi connectivity index (χ4v) is 1.89. The van der Waals surface area contributed by atoms with Crippen LogP contribution in [0.4, 0.5) is 5.69 Å². The maximum Gasteiger partial charge on any atom is 0.160 e. The van der Waals surface area contributed by atoms with Gasteiger partial charge >= 0.3 is 0 Å². The van der Waals surface area contributed by atoms with Gasteiger partial charge in [0.25, 0.3) is 0 Å². The number of phenolic OH excluding ortho intramolecular Hbond substituents is 1. The van der Waals surface area contributed by atoms with E-state index < -0.39 is 0 Å². The highest BCUT2D eigenvalue weighted by Gasteiger charge is 2.05. The van der Waals surface area contributed by atoms with E-state index in [9.17, 15) is 5.11 Å². The zero-order chi connectivity index (χ0) is 13.2. The van der Waals surface area contributed by atoms with Gasteiger partial charge in [-0.15, -0.1) is 0 Å². The number of aromatic nitrogens is 2. The molecule has 0 radical (unpaired) electrons. The van der Waals surface area contributed by atoms with Crippen LogP contribution in [0.2, 0.25) is 0 Å². The second-order valence-corrected chi connectivity index (χ2v) is 4.21. The molecule has 19 heavy (non-hydrogen) atoms. The van der Waals surface area contributed by atoms with Crippen LogP contribution in [0.5, 0.6) is 11.5 Å². The molecule has 1 aromatic carbocycles. The molecule has 3 rings (SSSR count). The van der Waals surface area contributed by atoms with Crippen molar-refractivity contribution in [1.82, 2.24) is 9.38 Å². The molecule has 0 aliphatic carbocycles. The third-order valence-electron chi connectivity index (χ3n) is 2.77. The molecule has 3 N–H and O–H groups in total. The van der Waals surface area contributed by atoms with Gasteiger partial charge in [0, 0.05) is 18.5 Å². The van der Waals surface area contributed by atoms with Crippen LogP contribution in [-0.4, -0.2) is 14.5 Å². The molecule has 5 heteroatoms. The quantitative estimate of drug-likeness (QED) is 0.752. The van der Waals surface area contributed by atoms with Crippen LogP contribution in [0.3, 0.4) is 0 Å². The van der Waals surface area contributed by atoms with Crippen LogP contribution >= 0.6 is 0 Å². The van der Waals surface area contributed by atoms with E-state index in [-0.39, 0.29) is 5.75 Å². The lowest BCUT2D eigenvalue weighted by Crippen LogP contribution is -1.95. The van der Waals surface area contributed by atoms with E-state index in [4.69, 9.17) is 10.5 Å². The number of rotatable bonds is 3. The van der Waals surface area contributed by atoms with Crippen molar-refractivity contribution in [2.75, 3.05) is 5.73 Å². The summed E-state index contributed by atoms with van der Waals surface area (Å²) in [4.78, 5) is 4.40. The lowest BCUT2D eigenvalue weighted by molar-refractivity contribution is 0.300. The third-order valence-corrected chi connectivity index (χ3v) is 2.77. The fourth-order valence-electron chi connectivity index (χ4n) is 1.89. The van der Waals surface area contributed by atoms with Crippen LogP contribution in [0.25, 0.3) is 5.65 Å². The summed E-state index contributed by atoms with van der Waals surface area (Å²) in [6, 6.07) is 10.3. The Hall–Kier alpha value is -2.69. The first-order valence-electron chi connectivity index (χ1n) is 5.86. The van der Waals surface area contributed by atoms with Crippen molar-refractivity contribution >= 4 is 11.3 Å². The van der Waals surface area contributed by atoms with Gasteiger partial charge in [-0.25, -0.2) is 4.98 Å². The Labute approximate surface area is 109 Å². The Morgan fingerprint density at radius 2 is 2.16 bits per heavy atom. The van der Waals surface area contributed by atoms with Crippen molar-refractivity contribution in [3.05, 3.63) is 54.5 Å². The minimum atomic E-state index is 0.178. The molecule has 0 atom stereocenters. The summed E-state index contributed by atoms with van der Waals surface area (Å²) >= 11 is 0. The zero-order valence-electron chi connectivity index (χ0n) is 10.2. The molecule has 0 saturated heterocycles. The second-order valence-electron chi connectivity index (χ2n) is 4.21. The topological polar surface area (TPSA) is 72.8 Å². The summed E-state index contributed by atoms with van der Waals surface area (Å²) in [5, 5.41) is 9.34. The molecule has 0 saturated carbocycles. The summed E-state index contributed by atoms with van der Waals surface area (Å²) in [5.41, 5.74) is 7.97. The fraction of sp³-hybridized carbons (Fsp3) is 0.0714. The smallest absolute Gasteiger partial charge is 0.160 e. The number of benzene rings is 1. The van der Waals surface area contributed by atoms with Gasteiger partial charge in [0.05, 0.1) is 11.4 Å². The average Bonchev–Trinajstić information content (AvgIpc) is 2.81. The Morgan fingerprint density at radius 3 is 2.95 bits per heavy atom. The van der Waals surface area contributed by atoms with E-state index >= 15 is 0 Å². The van der Waals surface area contributed by atoms with Crippen molar-refractivity contribution in [3.8, 4) is 11.5 Å². The number of aromatic hydroxyl groups is 1. The number of nitrogens with two attached hydrogens (primary N) is 1. The monoisotopic (exact) mass is 255 g/mol. The van der Waals surface area contributed by atoms with Crippen molar-refractivity contribution in [3.63, 3.8) is 0 Å². The highest BCUT2D eigenvalue weighted by molar-refractivity contribution is 5.64. The van der Waals surface area contributed by atoms with Gasteiger partial charge in [0.1, 0.15) is 18.1 Å². The Morgan fingerprint density at radius 1 is 1.26 bits per heavy atom. The number of phenols is 1. The molecule has 2 aromatic heterocycles. The van der Waals surface area contributed by atoms with E-state index in [0.29, 0.717) is 18.0 Å². The molecule has 0 fully saturated rings. The van der Waals surface area contributed by atoms with E-state index in [1.807, 2.05) is 28.9 Å². The molecule has 0 unspecified atom stereocenters. The molecular formula is C14H13N3O2. The molecule has 0 amide bonds. The number of fused-ring (bicyclic) bond motifs is 1. The van der Waals surface area contributed by atoms with Crippen LogP contribution in [0, 0.1) is 0 Å². The maximum absolute atomic E-state index is 9.34. The first kappa shape index (κ1) is 11.4. The lowest BCUT2D eigenvalue weighted by atomic mass is 10.3. The van der Waals surface area contributed by atoms with Crippen LogP contribution in [0.1, 0.15) is 5.69 Å². The largest absolute Gasteiger partial charge is 0.508 e. The zero-order valence-corrected chi connectivity index (χ0v) is 10.2. The highest BCUT2D eigenvalue weighted by Crippen LogP contribution is 2.19. The number of nitrogen functional groups attached to an aromatic ring is 1. The number of nitrogens with zero attached hydrogens (tertiary/aromatic N) is 2. The number of ether oxygens (including phenoxy) is 1.